The summed E-state index contributed by atoms with van der Waals surface area (Å²) in [7, 11) is -1.82. The van der Waals surface area contributed by atoms with Crippen LogP contribution in [-0.4, -0.2) is 32.3 Å². The Hall–Kier alpha value is -1.47. The van der Waals surface area contributed by atoms with E-state index in [1.807, 2.05) is 13.8 Å². The fourth-order valence-electron chi connectivity index (χ4n) is 2.40. The number of benzene rings is 1. The van der Waals surface area contributed by atoms with Crippen LogP contribution >= 0.6 is 0 Å². The average Bonchev–Trinajstić information content (AvgIpc) is 2.43. The number of hydrogen-bond donors (Lipinski definition) is 2. The molecule has 2 N–H and O–H groups in total. The van der Waals surface area contributed by atoms with Gasteiger partial charge in [-0.2, -0.15) is 8.42 Å². The van der Waals surface area contributed by atoms with Crippen LogP contribution in [0.3, 0.4) is 0 Å². The molecule has 1 aromatic carbocycles. The summed E-state index contributed by atoms with van der Waals surface area (Å²) >= 11 is 0. The van der Waals surface area contributed by atoms with Crippen molar-refractivity contribution >= 4 is 10.1 Å². The van der Waals surface area contributed by atoms with Gasteiger partial charge in [-0.15, -0.1) is 0 Å². The summed E-state index contributed by atoms with van der Waals surface area (Å²) in [6.07, 6.45) is 0.886. The molecule has 1 aromatic rings. The van der Waals surface area contributed by atoms with E-state index < -0.39 is 10.1 Å². The first-order valence-corrected chi connectivity index (χ1v) is 8.15. The van der Waals surface area contributed by atoms with Crippen molar-refractivity contribution < 1.29 is 27.6 Å². The van der Waals surface area contributed by atoms with Crippen LogP contribution in [0.4, 0.5) is 0 Å². The third-order valence-electron chi connectivity index (χ3n) is 3.60. The topological polar surface area (TPSA) is 93.1 Å². The predicted octanol–water partition coefficient (Wildman–Crippen LogP) is 2.73. The second-order valence-electron chi connectivity index (χ2n) is 4.77. The first-order valence-electron chi connectivity index (χ1n) is 6.71. The van der Waals surface area contributed by atoms with Crippen LogP contribution in [0.2, 0.25) is 0 Å². The zero-order chi connectivity index (χ0) is 16.4. The molecule has 0 aliphatic rings. The summed E-state index contributed by atoms with van der Waals surface area (Å²) < 4.78 is 43.5. The predicted molar refractivity (Wildman–Crippen MR) is 79.1 cm³/mol. The van der Waals surface area contributed by atoms with E-state index in [0.29, 0.717) is 12.0 Å². The van der Waals surface area contributed by atoms with Crippen LogP contribution in [0.25, 0.3) is 0 Å². The highest BCUT2D eigenvalue weighted by atomic mass is 32.2. The number of ether oxygens (including phenoxy) is 2. The van der Waals surface area contributed by atoms with Gasteiger partial charge in [-0.05, 0) is 18.8 Å². The first-order chi connectivity index (χ1) is 9.74. The van der Waals surface area contributed by atoms with Gasteiger partial charge in [-0.1, -0.05) is 20.8 Å². The monoisotopic (exact) mass is 318 g/mol. The van der Waals surface area contributed by atoms with Crippen LogP contribution < -0.4 is 9.47 Å². The van der Waals surface area contributed by atoms with Gasteiger partial charge in [0.2, 0.25) is 0 Å². The largest absolute Gasteiger partial charge is 0.504 e. The standard InChI is InChI=1S/C14H22O6S/c1-6-8(3)10-12(19-4)11(15)9(7-2)14(13(10)20-5)21(16,17)18/h8,15H,6-7H2,1-5H3,(H,16,17,18). The Labute approximate surface area is 125 Å². The Morgan fingerprint density at radius 2 is 1.67 bits per heavy atom. The highest BCUT2D eigenvalue weighted by molar-refractivity contribution is 7.86. The van der Waals surface area contributed by atoms with E-state index in [4.69, 9.17) is 9.47 Å². The third kappa shape index (κ3) is 3.08. The molecule has 0 saturated heterocycles. The second kappa shape index (κ2) is 6.53. The van der Waals surface area contributed by atoms with Crippen molar-refractivity contribution in [3.63, 3.8) is 0 Å². The Bertz CT molecular complexity index is 621. The van der Waals surface area contributed by atoms with Crippen molar-refractivity contribution in [3.05, 3.63) is 11.1 Å². The van der Waals surface area contributed by atoms with Crippen LogP contribution in [0.15, 0.2) is 4.90 Å². The summed E-state index contributed by atoms with van der Waals surface area (Å²) in [5.41, 5.74) is 0.517. The lowest BCUT2D eigenvalue weighted by Gasteiger charge is -2.23. The minimum absolute atomic E-state index is 0.0263. The van der Waals surface area contributed by atoms with Gasteiger partial charge in [0.1, 0.15) is 10.6 Å². The quantitative estimate of drug-likeness (QED) is 0.783. The van der Waals surface area contributed by atoms with Crippen molar-refractivity contribution in [3.8, 4) is 17.2 Å². The normalized spacial score (nSPS) is 13.0. The molecule has 0 aliphatic carbocycles. The van der Waals surface area contributed by atoms with Crippen molar-refractivity contribution in [2.24, 2.45) is 0 Å². The molecule has 1 unspecified atom stereocenters. The minimum atomic E-state index is -4.54. The molecular formula is C14H22O6S. The maximum absolute atomic E-state index is 11.7. The van der Waals surface area contributed by atoms with E-state index in [1.54, 1.807) is 6.92 Å². The molecule has 0 radical (unpaired) electrons. The molecule has 0 aromatic heterocycles. The molecule has 0 spiro atoms. The molecule has 0 amide bonds. The van der Waals surface area contributed by atoms with E-state index in [-0.39, 0.29) is 40.0 Å². The molecule has 21 heavy (non-hydrogen) atoms. The molecular weight excluding hydrogens is 296 g/mol. The molecule has 0 fully saturated rings. The second-order valence-corrected chi connectivity index (χ2v) is 6.13. The maximum atomic E-state index is 11.7. The van der Waals surface area contributed by atoms with Gasteiger partial charge >= 0.3 is 0 Å². The Kier molecular flexibility index (Phi) is 5.47. The van der Waals surface area contributed by atoms with Crippen molar-refractivity contribution in [2.45, 2.75) is 44.4 Å². The number of hydrogen-bond acceptors (Lipinski definition) is 5. The summed E-state index contributed by atoms with van der Waals surface area (Å²) in [5.74, 6) is -0.181. The van der Waals surface area contributed by atoms with Gasteiger partial charge in [0.25, 0.3) is 10.1 Å². The van der Waals surface area contributed by atoms with E-state index >= 15 is 0 Å². The number of rotatable bonds is 6. The zero-order valence-corrected chi connectivity index (χ0v) is 13.7. The number of methoxy groups -OCH3 is 2. The maximum Gasteiger partial charge on any atom is 0.298 e. The zero-order valence-electron chi connectivity index (χ0n) is 12.9. The van der Waals surface area contributed by atoms with Gasteiger partial charge in [-0.3, -0.25) is 4.55 Å². The molecule has 0 heterocycles. The SMILES string of the molecule is CCc1c(O)c(OC)c(C(C)CC)c(OC)c1S(=O)(=O)O. The number of aromatic hydroxyl groups is 1. The molecule has 1 rings (SSSR count). The van der Waals surface area contributed by atoms with Crippen LogP contribution in [0.1, 0.15) is 44.2 Å². The van der Waals surface area contributed by atoms with Gasteiger partial charge in [-0.25, -0.2) is 0 Å². The summed E-state index contributed by atoms with van der Waals surface area (Å²) in [6, 6.07) is 0. The van der Waals surface area contributed by atoms with Gasteiger partial charge < -0.3 is 14.6 Å². The van der Waals surface area contributed by atoms with Gasteiger partial charge in [0.15, 0.2) is 11.5 Å². The van der Waals surface area contributed by atoms with E-state index in [0.717, 1.165) is 0 Å². The molecule has 0 bridgehead atoms. The van der Waals surface area contributed by atoms with Gasteiger partial charge in [0, 0.05) is 11.1 Å². The van der Waals surface area contributed by atoms with Crippen LogP contribution in [0, 0.1) is 0 Å². The molecule has 1 atom stereocenters. The van der Waals surface area contributed by atoms with E-state index in [1.165, 1.54) is 14.2 Å². The van der Waals surface area contributed by atoms with Crippen molar-refractivity contribution in [1.29, 1.82) is 0 Å². The number of phenolic OH excluding ortho intramolecular Hbond substituents is 1. The highest BCUT2D eigenvalue weighted by Crippen LogP contribution is 2.49. The summed E-state index contributed by atoms with van der Waals surface area (Å²) in [5, 5.41) is 10.3. The highest BCUT2D eigenvalue weighted by Gasteiger charge is 2.32. The lowest BCUT2D eigenvalue weighted by Crippen LogP contribution is -2.11. The number of phenols is 1. The van der Waals surface area contributed by atoms with E-state index in [9.17, 15) is 18.1 Å². The van der Waals surface area contributed by atoms with Crippen LogP contribution in [-0.2, 0) is 16.5 Å². The average molecular weight is 318 g/mol. The molecule has 0 saturated carbocycles. The fourth-order valence-corrected chi connectivity index (χ4v) is 3.38. The molecule has 7 heteroatoms. The lowest BCUT2D eigenvalue weighted by atomic mass is 9.93. The fraction of sp³-hybridized carbons (Fsp3) is 0.571. The van der Waals surface area contributed by atoms with E-state index in [2.05, 4.69) is 0 Å². The van der Waals surface area contributed by atoms with Crippen molar-refractivity contribution in [2.75, 3.05) is 14.2 Å². The molecule has 120 valence electrons. The van der Waals surface area contributed by atoms with Crippen LogP contribution in [0.5, 0.6) is 17.2 Å². The Morgan fingerprint density at radius 3 is 2.00 bits per heavy atom. The Morgan fingerprint density at radius 1 is 1.14 bits per heavy atom. The summed E-state index contributed by atoms with van der Waals surface area (Å²) in [6.45, 7) is 5.45. The molecule has 0 aliphatic heterocycles. The van der Waals surface area contributed by atoms with Gasteiger partial charge in [0.05, 0.1) is 14.2 Å². The minimum Gasteiger partial charge on any atom is -0.504 e. The summed E-state index contributed by atoms with van der Waals surface area (Å²) in [4.78, 5) is -0.388. The third-order valence-corrected chi connectivity index (χ3v) is 4.54. The van der Waals surface area contributed by atoms with Crippen molar-refractivity contribution in [1.82, 2.24) is 0 Å². The lowest BCUT2D eigenvalue weighted by molar-refractivity contribution is 0.342. The smallest absolute Gasteiger partial charge is 0.298 e. The Balaban J connectivity index is 4.01. The first kappa shape index (κ1) is 17.6. The molecule has 6 nitrogen and oxygen atoms in total.